The Labute approximate surface area is 107 Å². The summed E-state index contributed by atoms with van der Waals surface area (Å²) in [6, 6.07) is 9.44. The summed E-state index contributed by atoms with van der Waals surface area (Å²) in [5.41, 5.74) is 6.44. The second-order valence-electron chi connectivity index (χ2n) is 5.07. The number of rotatable bonds is 5. The molecule has 0 aliphatic carbocycles. The lowest BCUT2D eigenvalue weighted by molar-refractivity contribution is 0.0882. The molecule has 2 N–H and O–H groups in total. The van der Waals surface area contributed by atoms with Crippen molar-refractivity contribution in [3.05, 3.63) is 36.1 Å². The third-order valence-corrected chi connectivity index (χ3v) is 3.08. The quantitative estimate of drug-likeness (QED) is 0.823. The van der Waals surface area contributed by atoms with Gasteiger partial charge in [-0.15, -0.1) is 0 Å². The van der Waals surface area contributed by atoms with E-state index in [0.29, 0.717) is 18.2 Å². The number of benzene rings is 1. The molecular weight excluding hydrogens is 226 g/mol. The largest absolute Gasteiger partial charge is 0.453 e. The lowest BCUT2D eigenvalue weighted by Gasteiger charge is -2.14. The monoisotopic (exact) mass is 245 g/mol. The number of furan rings is 1. The fourth-order valence-electron chi connectivity index (χ4n) is 2.18. The molecule has 0 saturated carbocycles. The molecule has 1 aromatic carbocycles. The van der Waals surface area contributed by atoms with E-state index in [-0.39, 0.29) is 11.7 Å². The summed E-state index contributed by atoms with van der Waals surface area (Å²) in [6.45, 7) is 4.55. The number of Topliss-reactive ketones (excluding diaryl/α,β-unsaturated/α-hetero) is 1. The number of nitrogens with two attached hydrogens (primary N) is 1. The Bertz CT molecular complexity index is 509. The number of hydrogen-bond acceptors (Lipinski definition) is 3. The van der Waals surface area contributed by atoms with Gasteiger partial charge in [-0.2, -0.15) is 0 Å². The van der Waals surface area contributed by atoms with Crippen LogP contribution in [0.4, 0.5) is 0 Å². The van der Waals surface area contributed by atoms with Crippen molar-refractivity contribution in [1.29, 1.82) is 0 Å². The van der Waals surface area contributed by atoms with E-state index in [2.05, 4.69) is 13.8 Å². The Balaban J connectivity index is 2.26. The normalized spacial score (nSPS) is 13.1. The lowest BCUT2D eigenvalue weighted by atomic mass is 9.92. The van der Waals surface area contributed by atoms with Crippen LogP contribution in [0.25, 0.3) is 11.0 Å². The molecule has 18 heavy (non-hydrogen) atoms. The summed E-state index contributed by atoms with van der Waals surface area (Å²) in [6.07, 6.45) is 0.798. The van der Waals surface area contributed by atoms with Gasteiger partial charge < -0.3 is 10.2 Å². The first-order chi connectivity index (χ1) is 8.61. The maximum absolute atomic E-state index is 12.3. The van der Waals surface area contributed by atoms with Crippen molar-refractivity contribution in [3.8, 4) is 0 Å². The third kappa shape index (κ3) is 2.62. The molecule has 2 rings (SSSR count). The van der Waals surface area contributed by atoms with E-state index in [4.69, 9.17) is 10.2 Å². The smallest absolute Gasteiger partial charge is 0.202 e. The first kappa shape index (κ1) is 12.8. The van der Waals surface area contributed by atoms with Crippen LogP contribution in [0.3, 0.4) is 0 Å². The van der Waals surface area contributed by atoms with Crippen LogP contribution < -0.4 is 5.73 Å². The highest BCUT2D eigenvalue weighted by molar-refractivity contribution is 5.99. The average Bonchev–Trinajstić information content (AvgIpc) is 2.78. The van der Waals surface area contributed by atoms with E-state index >= 15 is 0 Å². The van der Waals surface area contributed by atoms with E-state index in [1.54, 1.807) is 6.07 Å². The minimum Gasteiger partial charge on any atom is -0.453 e. The molecule has 1 atom stereocenters. The Morgan fingerprint density at radius 2 is 2.06 bits per heavy atom. The number of carbonyl (C=O) groups excluding carboxylic acids is 1. The summed E-state index contributed by atoms with van der Waals surface area (Å²) in [5, 5.41) is 0.959. The van der Waals surface area contributed by atoms with Gasteiger partial charge in [0.1, 0.15) is 5.58 Å². The maximum atomic E-state index is 12.3. The number of fused-ring (bicyclic) bond motifs is 1. The third-order valence-electron chi connectivity index (χ3n) is 3.08. The van der Waals surface area contributed by atoms with Crippen LogP contribution in [0.5, 0.6) is 0 Å². The van der Waals surface area contributed by atoms with Crippen LogP contribution in [0.15, 0.2) is 34.7 Å². The lowest BCUT2D eigenvalue weighted by Crippen LogP contribution is -2.25. The Morgan fingerprint density at radius 1 is 1.33 bits per heavy atom. The highest BCUT2D eigenvalue weighted by Crippen LogP contribution is 2.23. The van der Waals surface area contributed by atoms with Crippen LogP contribution in [0, 0.1) is 11.8 Å². The highest BCUT2D eigenvalue weighted by atomic mass is 16.3. The number of ketones is 1. The van der Waals surface area contributed by atoms with Crippen molar-refractivity contribution in [2.75, 3.05) is 6.54 Å². The van der Waals surface area contributed by atoms with Crippen LogP contribution in [0.2, 0.25) is 0 Å². The summed E-state index contributed by atoms with van der Waals surface area (Å²) in [5.74, 6) is 0.743. The van der Waals surface area contributed by atoms with E-state index in [0.717, 1.165) is 17.4 Å². The first-order valence-electron chi connectivity index (χ1n) is 6.34. The van der Waals surface area contributed by atoms with E-state index < -0.39 is 0 Å². The summed E-state index contributed by atoms with van der Waals surface area (Å²) in [7, 11) is 0. The number of para-hydroxylation sites is 1. The van der Waals surface area contributed by atoms with Gasteiger partial charge in [0, 0.05) is 17.8 Å². The molecule has 3 heteroatoms. The molecule has 2 aromatic rings. The molecule has 1 aromatic heterocycles. The number of carbonyl (C=O) groups is 1. The summed E-state index contributed by atoms with van der Waals surface area (Å²) in [4.78, 5) is 12.3. The molecule has 0 fully saturated rings. The summed E-state index contributed by atoms with van der Waals surface area (Å²) >= 11 is 0. The zero-order valence-corrected chi connectivity index (χ0v) is 10.8. The fraction of sp³-hybridized carbons (Fsp3) is 0.400. The SMILES string of the molecule is CC(C)CC(CN)C(=O)c1cc2ccccc2o1. The molecule has 0 saturated heterocycles. The predicted molar refractivity (Wildman–Crippen MR) is 72.5 cm³/mol. The molecule has 1 heterocycles. The highest BCUT2D eigenvalue weighted by Gasteiger charge is 2.22. The standard InChI is InChI=1S/C15H19NO2/c1-10(2)7-12(9-16)15(17)14-8-11-5-3-4-6-13(11)18-14/h3-6,8,10,12H,7,9,16H2,1-2H3. The molecule has 96 valence electrons. The maximum Gasteiger partial charge on any atom is 0.202 e. The molecule has 0 aliphatic heterocycles. The number of hydrogen-bond donors (Lipinski definition) is 1. The Kier molecular flexibility index (Phi) is 3.82. The van der Waals surface area contributed by atoms with E-state index in [1.807, 2.05) is 24.3 Å². The van der Waals surface area contributed by atoms with Crippen molar-refractivity contribution in [3.63, 3.8) is 0 Å². The Morgan fingerprint density at radius 3 is 2.67 bits per heavy atom. The van der Waals surface area contributed by atoms with Gasteiger partial charge in [-0.05, 0) is 24.5 Å². The van der Waals surface area contributed by atoms with Gasteiger partial charge in [0.05, 0.1) is 0 Å². The zero-order chi connectivity index (χ0) is 13.1. The van der Waals surface area contributed by atoms with Gasteiger partial charge in [-0.1, -0.05) is 32.0 Å². The van der Waals surface area contributed by atoms with Crippen LogP contribution in [-0.2, 0) is 0 Å². The van der Waals surface area contributed by atoms with Crippen molar-refractivity contribution in [1.82, 2.24) is 0 Å². The van der Waals surface area contributed by atoms with Gasteiger partial charge in [0.25, 0.3) is 0 Å². The molecule has 0 amide bonds. The van der Waals surface area contributed by atoms with Crippen molar-refractivity contribution < 1.29 is 9.21 Å². The second kappa shape index (κ2) is 5.36. The van der Waals surface area contributed by atoms with Crippen molar-refractivity contribution in [2.24, 2.45) is 17.6 Å². The van der Waals surface area contributed by atoms with Crippen molar-refractivity contribution in [2.45, 2.75) is 20.3 Å². The molecule has 3 nitrogen and oxygen atoms in total. The molecule has 1 unspecified atom stereocenters. The molecular formula is C15H19NO2. The molecule has 0 aliphatic rings. The van der Waals surface area contributed by atoms with E-state index in [9.17, 15) is 4.79 Å². The average molecular weight is 245 g/mol. The van der Waals surface area contributed by atoms with Gasteiger partial charge in [-0.3, -0.25) is 4.79 Å². The minimum atomic E-state index is -0.148. The van der Waals surface area contributed by atoms with Crippen LogP contribution in [-0.4, -0.2) is 12.3 Å². The molecule has 0 spiro atoms. The first-order valence-corrected chi connectivity index (χ1v) is 6.34. The second-order valence-corrected chi connectivity index (χ2v) is 5.07. The van der Waals surface area contributed by atoms with Gasteiger partial charge >= 0.3 is 0 Å². The Hall–Kier alpha value is -1.61. The fourth-order valence-corrected chi connectivity index (χ4v) is 2.18. The summed E-state index contributed by atoms with van der Waals surface area (Å²) < 4.78 is 5.59. The zero-order valence-electron chi connectivity index (χ0n) is 10.8. The van der Waals surface area contributed by atoms with Gasteiger partial charge in [0.15, 0.2) is 5.76 Å². The van der Waals surface area contributed by atoms with Gasteiger partial charge in [0.2, 0.25) is 5.78 Å². The van der Waals surface area contributed by atoms with Gasteiger partial charge in [-0.25, -0.2) is 0 Å². The van der Waals surface area contributed by atoms with Crippen LogP contribution >= 0.6 is 0 Å². The minimum absolute atomic E-state index is 0.0161. The van der Waals surface area contributed by atoms with Crippen LogP contribution in [0.1, 0.15) is 30.8 Å². The topological polar surface area (TPSA) is 56.2 Å². The van der Waals surface area contributed by atoms with Crippen molar-refractivity contribution >= 4 is 16.8 Å². The molecule has 0 radical (unpaired) electrons. The molecule has 0 bridgehead atoms. The predicted octanol–water partition coefficient (Wildman–Crippen LogP) is 3.24. The van der Waals surface area contributed by atoms with E-state index in [1.165, 1.54) is 0 Å².